The highest BCUT2D eigenvalue weighted by molar-refractivity contribution is 4.56. The Labute approximate surface area is 139 Å². The minimum absolute atomic E-state index is 0.142. The van der Waals surface area contributed by atoms with Gasteiger partial charge in [0.1, 0.15) is 6.10 Å². The molecule has 8 heteroatoms. The largest absolute Gasteiger partial charge is 0.382 e. The molecule has 0 radical (unpaired) electrons. The highest BCUT2D eigenvalue weighted by Gasteiger charge is 2.09. The molecule has 0 unspecified atom stereocenters. The van der Waals surface area contributed by atoms with E-state index in [2.05, 4.69) is 0 Å². The van der Waals surface area contributed by atoms with Crippen LogP contribution in [0.5, 0.6) is 0 Å². The SMILES string of the molecule is COCCOCCOCC(COCCOCCOC)OCCN. The van der Waals surface area contributed by atoms with Gasteiger partial charge in [0.05, 0.1) is 72.7 Å². The molecule has 23 heavy (non-hydrogen) atoms. The first-order valence-corrected chi connectivity index (χ1v) is 7.95. The molecule has 0 rings (SSSR count). The first-order valence-electron chi connectivity index (χ1n) is 7.95. The van der Waals surface area contributed by atoms with E-state index in [1.807, 2.05) is 0 Å². The predicted molar refractivity (Wildman–Crippen MR) is 85.8 cm³/mol. The molecule has 0 aromatic rings. The van der Waals surface area contributed by atoms with E-state index in [9.17, 15) is 0 Å². The van der Waals surface area contributed by atoms with Crippen LogP contribution in [0, 0.1) is 0 Å². The summed E-state index contributed by atoms with van der Waals surface area (Å²) in [6, 6.07) is 0. The summed E-state index contributed by atoms with van der Waals surface area (Å²) in [5.74, 6) is 0. The van der Waals surface area contributed by atoms with Crippen molar-refractivity contribution >= 4 is 0 Å². The van der Waals surface area contributed by atoms with Crippen LogP contribution in [0.2, 0.25) is 0 Å². The van der Waals surface area contributed by atoms with Crippen LogP contribution in [0.4, 0.5) is 0 Å². The van der Waals surface area contributed by atoms with Gasteiger partial charge in [-0.3, -0.25) is 0 Å². The average Bonchev–Trinajstić information content (AvgIpc) is 2.57. The quantitative estimate of drug-likeness (QED) is 0.321. The van der Waals surface area contributed by atoms with Crippen LogP contribution in [0.15, 0.2) is 0 Å². The number of hydrogen-bond donors (Lipinski definition) is 1. The Morgan fingerprint density at radius 2 is 1.04 bits per heavy atom. The Bertz CT molecular complexity index is 204. The topological polar surface area (TPSA) is 90.6 Å². The number of methoxy groups -OCH3 is 2. The van der Waals surface area contributed by atoms with Crippen molar-refractivity contribution < 1.29 is 33.2 Å². The monoisotopic (exact) mass is 339 g/mol. The van der Waals surface area contributed by atoms with Crippen molar-refractivity contribution in [2.75, 3.05) is 93.4 Å². The van der Waals surface area contributed by atoms with Crippen LogP contribution < -0.4 is 5.73 Å². The summed E-state index contributed by atoms with van der Waals surface area (Å²) in [5.41, 5.74) is 5.45. The van der Waals surface area contributed by atoms with Gasteiger partial charge >= 0.3 is 0 Å². The van der Waals surface area contributed by atoms with E-state index in [4.69, 9.17) is 38.9 Å². The van der Waals surface area contributed by atoms with E-state index in [1.54, 1.807) is 14.2 Å². The third-order valence-corrected chi connectivity index (χ3v) is 2.69. The van der Waals surface area contributed by atoms with Gasteiger partial charge in [-0.05, 0) is 0 Å². The Kier molecular flexibility index (Phi) is 19.5. The molecule has 0 bridgehead atoms. The second-order valence-electron chi connectivity index (χ2n) is 4.64. The second-order valence-corrected chi connectivity index (χ2v) is 4.64. The van der Waals surface area contributed by atoms with Gasteiger partial charge in [0.2, 0.25) is 0 Å². The van der Waals surface area contributed by atoms with Gasteiger partial charge < -0.3 is 38.9 Å². The normalized spacial score (nSPS) is 11.5. The Morgan fingerprint density at radius 3 is 1.48 bits per heavy atom. The lowest BCUT2D eigenvalue weighted by atomic mass is 10.4. The van der Waals surface area contributed by atoms with E-state index in [1.165, 1.54) is 0 Å². The molecule has 0 atom stereocenters. The van der Waals surface area contributed by atoms with Gasteiger partial charge in [0, 0.05) is 20.8 Å². The van der Waals surface area contributed by atoms with Crippen LogP contribution in [-0.4, -0.2) is 99.5 Å². The number of hydrogen-bond acceptors (Lipinski definition) is 8. The molecular formula is C15H33NO7. The zero-order valence-electron chi connectivity index (χ0n) is 14.5. The van der Waals surface area contributed by atoms with Crippen LogP contribution >= 0.6 is 0 Å². The van der Waals surface area contributed by atoms with Gasteiger partial charge in [-0.2, -0.15) is 0 Å². The third-order valence-electron chi connectivity index (χ3n) is 2.69. The lowest BCUT2D eigenvalue weighted by Crippen LogP contribution is -2.29. The molecule has 0 aromatic carbocycles. The summed E-state index contributed by atoms with van der Waals surface area (Å²) in [6.45, 7) is 6.21. The van der Waals surface area contributed by atoms with Crippen molar-refractivity contribution in [3.05, 3.63) is 0 Å². The molecule has 0 fully saturated rings. The van der Waals surface area contributed by atoms with E-state index in [-0.39, 0.29) is 6.10 Å². The Balaban J connectivity index is 3.56. The summed E-state index contributed by atoms with van der Waals surface area (Å²) in [7, 11) is 3.28. The average molecular weight is 339 g/mol. The molecule has 2 N–H and O–H groups in total. The zero-order valence-corrected chi connectivity index (χ0v) is 14.5. The van der Waals surface area contributed by atoms with Crippen molar-refractivity contribution in [1.29, 1.82) is 0 Å². The van der Waals surface area contributed by atoms with Crippen LogP contribution in [0.3, 0.4) is 0 Å². The molecule has 0 amide bonds. The Morgan fingerprint density at radius 1 is 0.609 bits per heavy atom. The number of rotatable bonds is 19. The fourth-order valence-corrected chi connectivity index (χ4v) is 1.53. The molecule has 0 saturated heterocycles. The number of nitrogens with two attached hydrogens (primary N) is 1. The predicted octanol–water partition coefficient (Wildman–Crippen LogP) is -0.310. The zero-order chi connectivity index (χ0) is 17.0. The summed E-state index contributed by atoms with van der Waals surface area (Å²) in [5, 5.41) is 0. The van der Waals surface area contributed by atoms with Crippen LogP contribution in [0.1, 0.15) is 0 Å². The molecule has 0 heterocycles. The van der Waals surface area contributed by atoms with E-state index in [0.717, 1.165) is 0 Å². The maximum absolute atomic E-state index is 5.58. The molecular weight excluding hydrogens is 306 g/mol. The molecule has 0 aliphatic carbocycles. The molecule has 0 aliphatic rings. The minimum Gasteiger partial charge on any atom is -0.382 e. The second kappa shape index (κ2) is 19.7. The molecule has 0 aromatic heterocycles. The smallest absolute Gasteiger partial charge is 0.104 e. The first-order chi connectivity index (χ1) is 11.3. The fourth-order valence-electron chi connectivity index (χ4n) is 1.53. The summed E-state index contributed by atoms with van der Waals surface area (Å²) in [4.78, 5) is 0. The van der Waals surface area contributed by atoms with E-state index < -0.39 is 0 Å². The van der Waals surface area contributed by atoms with Gasteiger partial charge in [0.25, 0.3) is 0 Å². The first kappa shape index (κ1) is 22.7. The lowest BCUT2D eigenvalue weighted by molar-refractivity contribution is -0.0730. The summed E-state index contributed by atoms with van der Waals surface area (Å²) >= 11 is 0. The van der Waals surface area contributed by atoms with Crippen molar-refractivity contribution in [3.8, 4) is 0 Å². The van der Waals surface area contributed by atoms with E-state index >= 15 is 0 Å². The highest BCUT2D eigenvalue weighted by Crippen LogP contribution is 1.96. The number of ether oxygens (including phenoxy) is 7. The van der Waals surface area contributed by atoms with Crippen LogP contribution in [-0.2, 0) is 33.2 Å². The van der Waals surface area contributed by atoms with Gasteiger partial charge in [0.15, 0.2) is 0 Å². The molecule has 0 spiro atoms. The maximum atomic E-state index is 5.58. The minimum atomic E-state index is -0.142. The van der Waals surface area contributed by atoms with Crippen molar-refractivity contribution in [3.63, 3.8) is 0 Å². The van der Waals surface area contributed by atoms with Crippen molar-refractivity contribution in [2.24, 2.45) is 5.73 Å². The standard InChI is InChI=1S/C15H33NO7/c1-17-5-7-19-9-11-21-13-15(23-4-3-16)14-22-12-10-20-8-6-18-2/h15H,3-14,16H2,1-2H3. The van der Waals surface area contributed by atoms with Crippen LogP contribution in [0.25, 0.3) is 0 Å². The van der Waals surface area contributed by atoms with Gasteiger partial charge in [-0.15, -0.1) is 0 Å². The lowest BCUT2D eigenvalue weighted by Gasteiger charge is -2.18. The Hall–Kier alpha value is -0.320. The van der Waals surface area contributed by atoms with Crippen molar-refractivity contribution in [1.82, 2.24) is 0 Å². The van der Waals surface area contributed by atoms with E-state index in [0.29, 0.717) is 79.2 Å². The fraction of sp³-hybridized carbons (Fsp3) is 1.00. The van der Waals surface area contributed by atoms with Crippen molar-refractivity contribution in [2.45, 2.75) is 6.10 Å². The summed E-state index contributed by atoms with van der Waals surface area (Å²) < 4.78 is 37.0. The maximum Gasteiger partial charge on any atom is 0.104 e. The molecule has 0 aliphatic heterocycles. The van der Waals surface area contributed by atoms with Gasteiger partial charge in [-0.25, -0.2) is 0 Å². The highest BCUT2D eigenvalue weighted by atomic mass is 16.6. The van der Waals surface area contributed by atoms with Gasteiger partial charge in [-0.1, -0.05) is 0 Å². The third kappa shape index (κ3) is 17.9. The molecule has 140 valence electrons. The molecule has 8 nitrogen and oxygen atoms in total. The molecule has 0 saturated carbocycles. The summed E-state index contributed by atoms with van der Waals surface area (Å²) in [6.07, 6.45) is -0.142.